The Hall–Kier alpha value is -0.0800. The van der Waals surface area contributed by atoms with E-state index in [2.05, 4.69) is 5.32 Å². The highest BCUT2D eigenvalue weighted by molar-refractivity contribution is 4.93. The molecule has 0 unspecified atom stereocenters. The first-order valence-electron chi connectivity index (χ1n) is 3.26. The standard InChI is InChI=1S/C6H11NO/c1-2-6(3-1)4-7-5-8-6/h7H,1-5H2. The Morgan fingerprint density at radius 3 is 2.50 bits per heavy atom. The number of nitrogens with one attached hydrogen (secondary N) is 1. The molecule has 1 saturated heterocycles. The van der Waals surface area contributed by atoms with Gasteiger partial charge in [0.2, 0.25) is 0 Å². The van der Waals surface area contributed by atoms with Crippen LogP contribution in [0.3, 0.4) is 0 Å². The molecule has 0 aromatic heterocycles. The Labute approximate surface area is 49.2 Å². The van der Waals surface area contributed by atoms with Crippen molar-refractivity contribution in [3.05, 3.63) is 0 Å². The van der Waals surface area contributed by atoms with Gasteiger partial charge in [0, 0.05) is 6.54 Å². The molecular weight excluding hydrogens is 102 g/mol. The SMILES string of the molecule is C1CC2(C1)CNCO2. The van der Waals surface area contributed by atoms with Crippen molar-refractivity contribution >= 4 is 0 Å². The minimum atomic E-state index is 0.306. The highest BCUT2D eigenvalue weighted by atomic mass is 16.5. The van der Waals surface area contributed by atoms with Crippen molar-refractivity contribution in [2.45, 2.75) is 24.9 Å². The van der Waals surface area contributed by atoms with Crippen LogP contribution < -0.4 is 5.32 Å². The average Bonchev–Trinajstić information content (AvgIpc) is 2.07. The lowest BCUT2D eigenvalue weighted by Crippen LogP contribution is -2.40. The van der Waals surface area contributed by atoms with Crippen molar-refractivity contribution < 1.29 is 4.74 Å². The van der Waals surface area contributed by atoms with E-state index in [0.29, 0.717) is 5.60 Å². The van der Waals surface area contributed by atoms with E-state index in [1.807, 2.05) is 0 Å². The Morgan fingerprint density at radius 2 is 2.25 bits per heavy atom. The fraction of sp³-hybridized carbons (Fsp3) is 1.00. The zero-order valence-corrected chi connectivity index (χ0v) is 4.94. The molecule has 2 aliphatic rings. The summed E-state index contributed by atoms with van der Waals surface area (Å²) in [7, 11) is 0. The van der Waals surface area contributed by atoms with Crippen molar-refractivity contribution in [3.8, 4) is 0 Å². The third kappa shape index (κ3) is 0.501. The van der Waals surface area contributed by atoms with Crippen LogP contribution in [0.25, 0.3) is 0 Å². The van der Waals surface area contributed by atoms with E-state index in [9.17, 15) is 0 Å². The van der Waals surface area contributed by atoms with Gasteiger partial charge in [-0.3, -0.25) is 5.32 Å². The molecule has 8 heavy (non-hydrogen) atoms. The van der Waals surface area contributed by atoms with Crippen molar-refractivity contribution in [2.24, 2.45) is 0 Å². The summed E-state index contributed by atoms with van der Waals surface area (Å²) in [6.45, 7) is 1.87. The molecule has 1 N–H and O–H groups in total. The predicted molar refractivity (Wildman–Crippen MR) is 30.5 cm³/mol. The molecular formula is C6H11NO. The molecule has 0 amide bonds. The van der Waals surface area contributed by atoms with Crippen LogP contribution in [0.4, 0.5) is 0 Å². The summed E-state index contributed by atoms with van der Waals surface area (Å²) in [5.41, 5.74) is 0.306. The maximum atomic E-state index is 5.47. The minimum Gasteiger partial charge on any atom is -0.359 e. The van der Waals surface area contributed by atoms with E-state index in [1.165, 1.54) is 19.3 Å². The van der Waals surface area contributed by atoms with Gasteiger partial charge in [0.05, 0.1) is 12.3 Å². The van der Waals surface area contributed by atoms with Gasteiger partial charge in [-0.1, -0.05) is 0 Å². The van der Waals surface area contributed by atoms with Gasteiger partial charge in [0.1, 0.15) is 0 Å². The van der Waals surface area contributed by atoms with Gasteiger partial charge >= 0.3 is 0 Å². The van der Waals surface area contributed by atoms with E-state index < -0.39 is 0 Å². The fourth-order valence-corrected chi connectivity index (χ4v) is 1.43. The van der Waals surface area contributed by atoms with Gasteiger partial charge in [-0.15, -0.1) is 0 Å². The maximum absolute atomic E-state index is 5.47. The van der Waals surface area contributed by atoms with E-state index in [-0.39, 0.29) is 0 Å². The summed E-state index contributed by atoms with van der Waals surface area (Å²) in [4.78, 5) is 0. The predicted octanol–water partition coefficient (Wildman–Crippen LogP) is 0.486. The quantitative estimate of drug-likeness (QED) is 0.493. The highest BCUT2D eigenvalue weighted by Gasteiger charge is 2.40. The van der Waals surface area contributed by atoms with Crippen LogP contribution in [0.5, 0.6) is 0 Å². The fourth-order valence-electron chi connectivity index (χ4n) is 1.43. The Kier molecular flexibility index (Phi) is 0.866. The van der Waals surface area contributed by atoms with Crippen LogP contribution in [-0.2, 0) is 4.74 Å². The molecule has 2 nitrogen and oxygen atoms in total. The molecule has 2 fully saturated rings. The summed E-state index contributed by atoms with van der Waals surface area (Å²) in [5.74, 6) is 0. The second-order valence-electron chi connectivity index (χ2n) is 2.75. The van der Waals surface area contributed by atoms with Crippen LogP contribution >= 0.6 is 0 Å². The van der Waals surface area contributed by atoms with Crippen LogP contribution in [0.15, 0.2) is 0 Å². The zero-order valence-electron chi connectivity index (χ0n) is 4.94. The first-order chi connectivity index (χ1) is 3.91. The largest absolute Gasteiger partial charge is 0.359 e. The van der Waals surface area contributed by atoms with Gasteiger partial charge < -0.3 is 4.74 Å². The monoisotopic (exact) mass is 113 g/mol. The molecule has 0 aromatic rings. The summed E-state index contributed by atoms with van der Waals surface area (Å²) < 4.78 is 5.47. The molecule has 0 bridgehead atoms. The van der Waals surface area contributed by atoms with Gasteiger partial charge in [0.25, 0.3) is 0 Å². The molecule has 2 rings (SSSR count). The summed E-state index contributed by atoms with van der Waals surface area (Å²) >= 11 is 0. The molecule has 1 saturated carbocycles. The maximum Gasteiger partial charge on any atom is 0.0974 e. The Bertz CT molecular complexity index is 90.7. The topological polar surface area (TPSA) is 21.3 Å². The lowest BCUT2D eigenvalue weighted by atomic mass is 9.81. The molecule has 0 aromatic carbocycles. The zero-order chi connectivity index (χ0) is 5.45. The van der Waals surface area contributed by atoms with Gasteiger partial charge in [-0.05, 0) is 19.3 Å². The van der Waals surface area contributed by atoms with E-state index in [4.69, 9.17) is 4.74 Å². The molecule has 1 aliphatic carbocycles. The highest BCUT2D eigenvalue weighted by Crippen LogP contribution is 2.36. The van der Waals surface area contributed by atoms with E-state index in [1.54, 1.807) is 0 Å². The second kappa shape index (κ2) is 1.45. The van der Waals surface area contributed by atoms with Gasteiger partial charge in [0.15, 0.2) is 0 Å². The molecule has 1 spiro atoms. The first-order valence-corrected chi connectivity index (χ1v) is 3.26. The van der Waals surface area contributed by atoms with Crippen molar-refractivity contribution in [2.75, 3.05) is 13.3 Å². The van der Waals surface area contributed by atoms with Crippen LogP contribution in [-0.4, -0.2) is 18.9 Å². The van der Waals surface area contributed by atoms with E-state index >= 15 is 0 Å². The second-order valence-corrected chi connectivity index (χ2v) is 2.75. The van der Waals surface area contributed by atoms with Crippen LogP contribution in [0, 0.1) is 0 Å². The molecule has 46 valence electrons. The van der Waals surface area contributed by atoms with Gasteiger partial charge in [-0.25, -0.2) is 0 Å². The van der Waals surface area contributed by atoms with Crippen LogP contribution in [0.1, 0.15) is 19.3 Å². The minimum absolute atomic E-state index is 0.306. The Balaban J connectivity index is 2.01. The molecule has 1 aliphatic heterocycles. The first kappa shape index (κ1) is 4.77. The number of hydrogen-bond donors (Lipinski definition) is 1. The number of rotatable bonds is 0. The summed E-state index contributed by atoms with van der Waals surface area (Å²) in [6, 6.07) is 0. The van der Waals surface area contributed by atoms with Crippen molar-refractivity contribution in [1.82, 2.24) is 5.32 Å². The van der Waals surface area contributed by atoms with Crippen LogP contribution in [0.2, 0.25) is 0 Å². The molecule has 2 heteroatoms. The summed E-state index contributed by atoms with van der Waals surface area (Å²) in [6.07, 6.45) is 3.92. The van der Waals surface area contributed by atoms with Gasteiger partial charge in [-0.2, -0.15) is 0 Å². The molecule has 1 heterocycles. The third-order valence-electron chi connectivity index (χ3n) is 2.19. The smallest absolute Gasteiger partial charge is 0.0974 e. The lowest BCUT2D eigenvalue weighted by molar-refractivity contribution is -0.0484. The molecule has 0 atom stereocenters. The average molecular weight is 113 g/mol. The normalized spacial score (nSPS) is 33.0. The molecule has 0 radical (unpaired) electrons. The van der Waals surface area contributed by atoms with E-state index in [0.717, 1.165) is 13.3 Å². The number of hydrogen-bond acceptors (Lipinski definition) is 2. The van der Waals surface area contributed by atoms with Crippen molar-refractivity contribution in [1.29, 1.82) is 0 Å². The number of ether oxygens (including phenoxy) is 1. The summed E-state index contributed by atoms with van der Waals surface area (Å²) in [5, 5.41) is 3.19. The third-order valence-corrected chi connectivity index (χ3v) is 2.19. The Morgan fingerprint density at radius 1 is 1.38 bits per heavy atom. The lowest BCUT2D eigenvalue weighted by Gasteiger charge is -2.35. The van der Waals surface area contributed by atoms with Crippen molar-refractivity contribution in [3.63, 3.8) is 0 Å².